The number of thioether (sulfide) groups is 1. The van der Waals surface area contributed by atoms with Crippen LogP contribution in [0.2, 0.25) is 0 Å². The summed E-state index contributed by atoms with van der Waals surface area (Å²) >= 11 is 1.65. The number of ether oxygens (including phenoxy) is 1. The number of nitrogens with zero attached hydrogens (tertiary/aromatic N) is 1. The maximum absolute atomic E-state index is 8.98. The van der Waals surface area contributed by atoms with Crippen LogP contribution in [-0.4, -0.2) is 22.9 Å². The van der Waals surface area contributed by atoms with E-state index < -0.39 is 0 Å². The third kappa shape index (κ3) is 4.63. The molecular formula is C15H24N2O2S. The Balaban J connectivity index is 3.08. The molecule has 0 saturated carbocycles. The quantitative estimate of drug-likeness (QED) is 0.265. The van der Waals surface area contributed by atoms with Gasteiger partial charge in [0.1, 0.15) is 5.75 Å². The number of hydrogen-bond donors (Lipinski definition) is 2. The Morgan fingerprint density at radius 2 is 2.10 bits per heavy atom. The summed E-state index contributed by atoms with van der Waals surface area (Å²) in [5, 5.41) is 12.1. The molecule has 3 N–H and O–H groups in total. The topological polar surface area (TPSA) is 67.8 Å². The first-order valence-corrected chi connectivity index (χ1v) is 7.88. The molecule has 4 nitrogen and oxygen atoms in total. The van der Waals surface area contributed by atoms with Gasteiger partial charge in [0.05, 0.1) is 11.7 Å². The SMILES string of the molecule is CCSc1cccc(OC(C)CC(C)C)c1/C(N)=N/O. The van der Waals surface area contributed by atoms with Gasteiger partial charge in [-0.2, -0.15) is 0 Å². The molecule has 1 atom stereocenters. The van der Waals surface area contributed by atoms with Crippen molar-refractivity contribution in [1.29, 1.82) is 0 Å². The van der Waals surface area contributed by atoms with Crippen molar-refractivity contribution in [2.24, 2.45) is 16.8 Å². The number of nitrogens with two attached hydrogens (primary N) is 1. The fourth-order valence-corrected chi connectivity index (χ4v) is 2.95. The molecule has 1 aromatic carbocycles. The molecule has 0 amide bonds. The standard InChI is InChI=1S/C15H24N2O2S/c1-5-20-13-8-6-7-12(14(13)15(16)17-18)19-11(4)9-10(2)3/h6-8,10-11,18H,5,9H2,1-4H3,(H2,16,17). The van der Waals surface area contributed by atoms with E-state index in [0.29, 0.717) is 17.2 Å². The van der Waals surface area contributed by atoms with Crippen molar-refractivity contribution in [2.75, 3.05) is 5.75 Å². The predicted molar refractivity (Wildman–Crippen MR) is 84.9 cm³/mol. The van der Waals surface area contributed by atoms with Crippen molar-refractivity contribution in [3.05, 3.63) is 23.8 Å². The molecule has 0 fully saturated rings. The van der Waals surface area contributed by atoms with Crippen LogP contribution in [0, 0.1) is 5.92 Å². The Labute approximate surface area is 125 Å². The minimum Gasteiger partial charge on any atom is -0.490 e. The average molecular weight is 296 g/mol. The molecule has 0 spiro atoms. The Hall–Kier alpha value is -1.36. The first kappa shape index (κ1) is 16.7. The van der Waals surface area contributed by atoms with Gasteiger partial charge in [-0.3, -0.25) is 0 Å². The van der Waals surface area contributed by atoms with Gasteiger partial charge in [0, 0.05) is 4.90 Å². The van der Waals surface area contributed by atoms with E-state index in [0.717, 1.165) is 17.1 Å². The molecule has 112 valence electrons. The smallest absolute Gasteiger partial charge is 0.174 e. The van der Waals surface area contributed by atoms with Crippen molar-refractivity contribution in [2.45, 2.75) is 45.1 Å². The van der Waals surface area contributed by atoms with Crippen LogP contribution in [-0.2, 0) is 0 Å². The lowest BCUT2D eigenvalue weighted by Crippen LogP contribution is -2.20. The van der Waals surface area contributed by atoms with Crippen molar-refractivity contribution >= 4 is 17.6 Å². The second-order valence-electron chi connectivity index (χ2n) is 5.11. The average Bonchev–Trinajstić information content (AvgIpc) is 2.37. The largest absolute Gasteiger partial charge is 0.490 e. The summed E-state index contributed by atoms with van der Waals surface area (Å²) in [6.45, 7) is 8.42. The Morgan fingerprint density at radius 1 is 1.40 bits per heavy atom. The molecule has 0 aliphatic heterocycles. The molecule has 0 aliphatic rings. The maximum Gasteiger partial charge on any atom is 0.174 e. The lowest BCUT2D eigenvalue weighted by atomic mass is 10.1. The van der Waals surface area contributed by atoms with Gasteiger partial charge >= 0.3 is 0 Å². The highest BCUT2D eigenvalue weighted by Gasteiger charge is 2.16. The molecule has 0 bridgehead atoms. The van der Waals surface area contributed by atoms with Gasteiger partial charge in [0.2, 0.25) is 0 Å². The summed E-state index contributed by atoms with van der Waals surface area (Å²) in [5.41, 5.74) is 6.49. The molecule has 1 rings (SSSR count). The Bertz CT molecular complexity index is 461. The number of amidine groups is 1. The van der Waals surface area contributed by atoms with Gasteiger partial charge in [-0.05, 0) is 37.1 Å². The first-order chi connectivity index (χ1) is 9.49. The zero-order valence-corrected chi connectivity index (χ0v) is 13.4. The maximum atomic E-state index is 8.98. The monoisotopic (exact) mass is 296 g/mol. The fraction of sp³-hybridized carbons (Fsp3) is 0.533. The number of oxime groups is 1. The molecule has 1 unspecified atom stereocenters. The molecule has 0 radical (unpaired) electrons. The van der Waals surface area contributed by atoms with Crippen molar-refractivity contribution in [3.63, 3.8) is 0 Å². The summed E-state index contributed by atoms with van der Waals surface area (Å²) in [5.74, 6) is 2.24. The normalized spacial score (nSPS) is 13.6. The van der Waals surface area contributed by atoms with E-state index in [2.05, 4.69) is 25.9 Å². The van der Waals surface area contributed by atoms with Crippen LogP contribution in [0.5, 0.6) is 5.75 Å². The van der Waals surface area contributed by atoms with Crippen LogP contribution in [0.3, 0.4) is 0 Å². The second kappa shape index (κ2) is 8.04. The Morgan fingerprint density at radius 3 is 2.65 bits per heavy atom. The van der Waals surface area contributed by atoms with Crippen molar-refractivity contribution in [1.82, 2.24) is 0 Å². The van der Waals surface area contributed by atoms with Crippen LogP contribution in [0.1, 0.15) is 39.7 Å². The summed E-state index contributed by atoms with van der Waals surface area (Å²) in [6, 6.07) is 5.76. The van der Waals surface area contributed by atoms with E-state index in [1.54, 1.807) is 11.8 Å². The summed E-state index contributed by atoms with van der Waals surface area (Å²) < 4.78 is 5.98. The molecular weight excluding hydrogens is 272 g/mol. The minimum atomic E-state index is 0.0853. The van der Waals surface area contributed by atoms with E-state index in [1.807, 2.05) is 25.1 Å². The van der Waals surface area contributed by atoms with Crippen molar-refractivity contribution < 1.29 is 9.94 Å². The van der Waals surface area contributed by atoms with Crippen molar-refractivity contribution in [3.8, 4) is 5.75 Å². The van der Waals surface area contributed by atoms with E-state index in [4.69, 9.17) is 15.7 Å². The number of hydrogen-bond acceptors (Lipinski definition) is 4. The number of benzene rings is 1. The molecule has 5 heteroatoms. The zero-order chi connectivity index (χ0) is 15.1. The number of rotatable bonds is 7. The lowest BCUT2D eigenvalue weighted by Gasteiger charge is -2.20. The summed E-state index contributed by atoms with van der Waals surface area (Å²) in [7, 11) is 0. The second-order valence-corrected chi connectivity index (χ2v) is 6.41. The summed E-state index contributed by atoms with van der Waals surface area (Å²) in [4.78, 5) is 0.969. The highest BCUT2D eigenvalue weighted by molar-refractivity contribution is 7.99. The molecule has 0 saturated heterocycles. The molecule has 0 aliphatic carbocycles. The van der Waals surface area contributed by atoms with Crippen LogP contribution >= 0.6 is 11.8 Å². The zero-order valence-electron chi connectivity index (χ0n) is 12.6. The third-order valence-corrected chi connectivity index (χ3v) is 3.72. The summed E-state index contributed by atoms with van der Waals surface area (Å²) in [6.07, 6.45) is 1.04. The fourth-order valence-electron chi connectivity index (χ4n) is 2.12. The minimum absolute atomic E-state index is 0.0853. The van der Waals surface area contributed by atoms with Gasteiger partial charge in [-0.15, -0.1) is 11.8 Å². The van der Waals surface area contributed by atoms with E-state index in [9.17, 15) is 0 Å². The van der Waals surface area contributed by atoms with E-state index in [-0.39, 0.29) is 11.9 Å². The third-order valence-electron chi connectivity index (χ3n) is 2.78. The van der Waals surface area contributed by atoms with Gasteiger partial charge in [-0.1, -0.05) is 32.0 Å². The molecule has 0 aromatic heterocycles. The van der Waals surface area contributed by atoms with Crippen LogP contribution in [0.25, 0.3) is 0 Å². The van der Waals surface area contributed by atoms with E-state index >= 15 is 0 Å². The molecule has 1 aromatic rings. The van der Waals surface area contributed by atoms with Gasteiger partial charge in [0.25, 0.3) is 0 Å². The first-order valence-electron chi connectivity index (χ1n) is 6.89. The highest BCUT2D eigenvalue weighted by Crippen LogP contribution is 2.31. The van der Waals surface area contributed by atoms with Crippen LogP contribution in [0.15, 0.2) is 28.3 Å². The molecule has 0 heterocycles. The van der Waals surface area contributed by atoms with Gasteiger partial charge < -0.3 is 15.7 Å². The van der Waals surface area contributed by atoms with Gasteiger partial charge in [-0.25, -0.2) is 0 Å². The predicted octanol–water partition coefficient (Wildman–Crippen LogP) is 3.71. The van der Waals surface area contributed by atoms with Crippen LogP contribution in [0.4, 0.5) is 0 Å². The lowest BCUT2D eigenvalue weighted by molar-refractivity contribution is 0.192. The van der Waals surface area contributed by atoms with Gasteiger partial charge in [0.15, 0.2) is 5.84 Å². The van der Waals surface area contributed by atoms with E-state index in [1.165, 1.54) is 0 Å². The Kier molecular flexibility index (Phi) is 6.71. The van der Waals surface area contributed by atoms with Crippen LogP contribution < -0.4 is 10.5 Å². The molecule has 20 heavy (non-hydrogen) atoms. The highest BCUT2D eigenvalue weighted by atomic mass is 32.2.